The van der Waals surface area contributed by atoms with Gasteiger partial charge in [-0.1, -0.05) is 11.3 Å². The van der Waals surface area contributed by atoms with Gasteiger partial charge in [0.05, 0.1) is 10.2 Å². The van der Waals surface area contributed by atoms with Crippen LogP contribution in [0, 0.1) is 5.82 Å². The second kappa shape index (κ2) is 6.16. The number of nitrogens with zero attached hydrogens (tertiary/aromatic N) is 6. The molecule has 0 bridgehead atoms. The minimum Gasteiger partial charge on any atom is -0.345 e. The fourth-order valence-electron chi connectivity index (χ4n) is 2.72. The molecule has 0 radical (unpaired) electrons. The molecule has 7 nitrogen and oxygen atoms in total. The number of carbonyl (C=O) groups excluding carboxylic acids is 1. The number of rotatable bonds is 3. The lowest BCUT2D eigenvalue weighted by Crippen LogP contribution is -2.49. The van der Waals surface area contributed by atoms with Crippen molar-refractivity contribution in [3.05, 3.63) is 36.7 Å². The Kier molecular flexibility index (Phi) is 3.85. The smallest absolute Gasteiger partial charge is 0.244 e. The molecule has 0 saturated carbocycles. The third-order valence-corrected chi connectivity index (χ3v) is 5.08. The third-order valence-electron chi connectivity index (χ3n) is 4.01. The van der Waals surface area contributed by atoms with E-state index < -0.39 is 0 Å². The van der Waals surface area contributed by atoms with E-state index in [1.165, 1.54) is 40.8 Å². The van der Waals surface area contributed by atoms with Crippen molar-refractivity contribution < 1.29 is 9.18 Å². The SMILES string of the molecule is O=C(Cn1cncn1)N1CCN(c2nc3ccc(F)cc3s2)CC1. The Morgan fingerprint density at radius 1 is 1.25 bits per heavy atom. The van der Waals surface area contributed by atoms with E-state index in [4.69, 9.17) is 0 Å². The Balaban J connectivity index is 1.40. The molecule has 1 aliphatic heterocycles. The van der Waals surface area contributed by atoms with Gasteiger partial charge in [0.1, 0.15) is 25.0 Å². The molecule has 1 aromatic carbocycles. The fraction of sp³-hybridized carbons (Fsp3) is 0.333. The van der Waals surface area contributed by atoms with Gasteiger partial charge in [0.15, 0.2) is 5.13 Å². The van der Waals surface area contributed by atoms with Crippen molar-refractivity contribution in [3.63, 3.8) is 0 Å². The van der Waals surface area contributed by atoms with E-state index in [0.29, 0.717) is 26.2 Å². The summed E-state index contributed by atoms with van der Waals surface area (Å²) in [4.78, 5) is 24.6. The highest BCUT2D eigenvalue weighted by Crippen LogP contribution is 2.29. The minimum absolute atomic E-state index is 0.0338. The van der Waals surface area contributed by atoms with Crippen LogP contribution in [0.5, 0.6) is 0 Å². The maximum atomic E-state index is 13.3. The highest BCUT2D eigenvalue weighted by Gasteiger charge is 2.23. The quantitative estimate of drug-likeness (QED) is 0.717. The predicted octanol–water partition coefficient (Wildman–Crippen LogP) is 1.38. The number of thiazole rings is 1. The first kappa shape index (κ1) is 15.0. The highest BCUT2D eigenvalue weighted by atomic mass is 32.1. The van der Waals surface area contributed by atoms with Crippen LogP contribution in [0.15, 0.2) is 30.9 Å². The lowest BCUT2D eigenvalue weighted by atomic mass is 10.3. The van der Waals surface area contributed by atoms with Crippen LogP contribution in [0.4, 0.5) is 9.52 Å². The zero-order valence-corrected chi connectivity index (χ0v) is 13.6. The molecule has 1 saturated heterocycles. The normalized spacial score (nSPS) is 15.2. The Bertz CT molecular complexity index is 856. The van der Waals surface area contributed by atoms with Crippen molar-refractivity contribution in [2.24, 2.45) is 0 Å². The average Bonchev–Trinajstić information content (AvgIpc) is 3.24. The molecular formula is C15H15FN6OS. The van der Waals surface area contributed by atoms with Crippen LogP contribution >= 0.6 is 11.3 Å². The van der Waals surface area contributed by atoms with E-state index >= 15 is 0 Å². The summed E-state index contributed by atoms with van der Waals surface area (Å²) in [7, 11) is 0. The zero-order chi connectivity index (χ0) is 16.5. The van der Waals surface area contributed by atoms with Crippen LogP contribution in [0.25, 0.3) is 10.2 Å². The van der Waals surface area contributed by atoms with E-state index in [9.17, 15) is 9.18 Å². The molecule has 1 amide bonds. The Morgan fingerprint density at radius 3 is 2.83 bits per heavy atom. The molecule has 0 unspecified atom stereocenters. The lowest BCUT2D eigenvalue weighted by molar-refractivity contribution is -0.132. The van der Waals surface area contributed by atoms with Gasteiger partial charge in [0, 0.05) is 26.2 Å². The highest BCUT2D eigenvalue weighted by molar-refractivity contribution is 7.22. The molecular weight excluding hydrogens is 331 g/mol. The number of amides is 1. The maximum absolute atomic E-state index is 13.3. The van der Waals surface area contributed by atoms with Gasteiger partial charge in [-0.25, -0.2) is 19.0 Å². The van der Waals surface area contributed by atoms with Gasteiger partial charge in [0.25, 0.3) is 0 Å². The number of piperazine rings is 1. The number of fused-ring (bicyclic) bond motifs is 1. The van der Waals surface area contributed by atoms with Gasteiger partial charge in [-0.3, -0.25) is 4.79 Å². The van der Waals surface area contributed by atoms with Gasteiger partial charge in [-0.05, 0) is 18.2 Å². The van der Waals surface area contributed by atoms with Crippen molar-refractivity contribution in [2.45, 2.75) is 6.54 Å². The van der Waals surface area contributed by atoms with Gasteiger partial charge in [-0.2, -0.15) is 5.10 Å². The number of carbonyl (C=O) groups is 1. The van der Waals surface area contributed by atoms with Gasteiger partial charge in [0.2, 0.25) is 5.91 Å². The summed E-state index contributed by atoms with van der Waals surface area (Å²) in [6.45, 7) is 2.91. The molecule has 3 aromatic rings. The second-order valence-electron chi connectivity index (χ2n) is 5.57. The van der Waals surface area contributed by atoms with Gasteiger partial charge < -0.3 is 9.80 Å². The summed E-state index contributed by atoms with van der Waals surface area (Å²) in [5.74, 6) is -0.215. The van der Waals surface area contributed by atoms with Crippen molar-refractivity contribution >= 4 is 32.6 Å². The monoisotopic (exact) mass is 346 g/mol. The molecule has 0 N–H and O–H groups in total. The fourth-order valence-corrected chi connectivity index (χ4v) is 3.76. The summed E-state index contributed by atoms with van der Waals surface area (Å²) in [5, 5.41) is 4.83. The number of anilines is 1. The van der Waals surface area contributed by atoms with Crippen LogP contribution in [-0.4, -0.2) is 56.7 Å². The van der Waals surface area contributed by atoms with E-state index in [1.807, 2.05) is 4.90 Å². The van der Waals surface area contributed by atoms with Crippen LogP contribution in [0.2, 0.25) is 0 Å². The van der Waals surface area contributed by atoms with Crippen LogP contribution in [0.1, 0.15) is 0 Å². The van der Waals surface area contributed by atoms with E-state index in [1.54, 1.807) is 6.07 Å². The zero-order valence-electron chi connectivity index (χ0n) is 12.8. The summed E-state index contributed by atoms with van der Waals surface area (Å²) in [5.41, 5.74) is 0.807. The molecule has 1 fully saturated rings. The predicted molar refractivity (Wildman–Crippen MR) is 88.4 cm³/mol. The summed E-state index contributed by atoms with van der Waals surface area (Å²) >= 11 is 1.48. The first-order valence-electron chi connectivity index (χ1n) is 7.60. The number of benzene rings is 1. The van der Waals surface area contributed by atoms with Crippen LogP contribution in [0.3, 0.4) is 0 Å². The van der Waals surface area contributed by atoms with E-state index in [-0.39, 0.29) is 18.3 Å². The third kappa shape index (κ3) is 2.94. The van der Waals surface area contributed by atoms with Crippen molar-refractivity contribution in [2.75, 3.05) is 31.1 Å². The molecule has 24 heavy (non-hydrogen) atoms. The first-order chi connectivity index (χ1) is 11.7. The maximum Gasteiger partial charge on any atom is 0.244 e. The van der Waals surface area contributed by atoms with Gasteiger partial charge >= 0.3 is 0 Å². The molecule has 2 aromatic heterocycles. The minimum atomic E-state index is -0.249. The summed E-state index contributed by atoms with van der Waals surface area (Å²) < 4.78 is 15.7. The first-order valence-corrected chi connectivity index (χ1v) is 8.42. The van der Waals surface area contributed by atoms with E-state index in [0.717, 1.165) is 15.3 Å². The molecule has 0 spiro atoms. The molecule has 0 aliphatic carbocycles. The van der Waals surface area contributed by atoms with Gasteiger partial charge in [-0.15, -0.1) is 0 Å². The topological polar surface area (TPSA) is 67.2 Å². The van der Waals surface area contributed by atoms with Crippen LogP contribution in [-0.2, 0) is 11.3 Å². The molecule has 3 heterocycles. The molecule has 4 rings (SSSR count). The number of halogens is 1. The Morgan fingerprint density at radius 2 is 2.08 bits per heavy atom. The van der Waals surface area contributed by atoms with Crippen molar-refractivity contribution in [1.29, 1.82) is 0 Å². The number of hydrogen-bond donors (Lipinski definition) is 0. The largest absolute Gasteiger partial charge is 0.345 e. The van der Waals surface area contributed by atoms with Crippen LogP contribution < -0.4 is 4.90 Å². The summed E-state index contributed by atoms with van der Waals surface area (Å²) in [6.07, 6.45) is 2.95. The second-order valence-corrected chi connectivity index (χ2v) is 6.58. The van der Waals surface area contributed by atoms with Crippen molar-refractivity contribution in [1.82, 2.24) is 24.6 Å². The summed E-state index contributed by atoms with van der Waals surface area (Å²) in [6, 6.07) is 4.63. The Labute approximate surface area is 141 Å². The molecule has 1 aliphatic rings. The molecule has 9 heteroatoms. The lowest BCUT2D eigenvalue weighted by Gasteiger charge is -2.34. The Hall–Kier alpha value is -2.55. The number of hydrogen-bond acceptors (Lipinski definition) is 6. The molecule has 124 valence electrons. The van der Waals surface area contributed by atoms with E-state index in [2.05, 4.69) is 20.0 Å². The average molecular weight is 346 g/mol. The molecule has 0 atom stereocenters. The van der Waals surface area contributed by atoms with Crippen molar-refractivity contribution in [3.8, 4) is 0 Å². The standard InChI is InChI=1S/C15H15FN6OS/c16-11-1-2-12-13(7-11)24-15(19-12)21-5-3-20(4-6-21)14(23)8-22-10-17-9-18-22/h1-2,7,9-10H,3-6,8H2. The number of aromatic nitrogens is 4.